The van der Waals surface area contributed by atoms with Crippen molar-refractivity contribution < 1.29 is 19.4 Å². The molecule has 1 saturated carbocycles. The van der Waals surface area contributed by atoms with Gasteiger partial charge in [0.25, 0.3) is 0 Å². The van der Waals surface area contributed by atoms with Crippen LogP contribution in [0.5, 0.6) is 0 Å². The smallest absolute Gasteiger partial charge is 0.305 e. The third kappa shape index (κ3) is 2.70. The van der Waals surface area contributed by atoms with Crippen molar-refractivity contribution >= 4 is 11.9 Å². The second-order valence-corrected chi connectivity index (χ2v) is 3.69. The van der Waals surface area contributed by atoms with Crippen molar-refractivity contribution in [2.45, 2.75) is 31.2 Å². The van der Waals surface area contributed by atoms with E-state index < -0.39 is 11.5 Å². The van der Waals surface area contributed by atoms with Gasteiger partial charge in [-0.15, -0.1) is 0 Å². The zero-order valence-electron chi connectivity index (χ0n) is 8.21. The molecule has 1 amide bonds. The number of rotatable bonds is 5. The first-order valence-electron chi connectivity index (χ1n) is 4.60. The molecule has 1 aliphatic carbocycles. The Bertz CT molecular complexity index is 235. The number of hydrogen-bond acceptors (Lipinski definition) is 3. The van der Waals surface area contributed by atoms with Crippen LogP contribution in [0.1, 0.15) is 25.7 Å². The topological polar surface area (TPSA) is 75.6 Å². The van der Waals surface area contributed by atoms with Gasteiger partial charge in [-0.1, -0.05) is 0 Å². The first-order chi connectivity index (χ1) is 6.58. The molecule has 1 fully saturated rings. The van der Waals surface area contributed by atoms with Crippen molar-refractivity contribution in [1.29, 1.82) is 0 Å². The Labute approximate surface area is 82.4 Å². The Balaban J connectivity index is 2.45. The Hall–Kier alpha value is -1.10. The van der Waals surface area contributed by atoms with Crippen LogP contribution in [0.3, 0.4) is 0 Å². The van der Waals surface area contributed by atoms with Gasteiger partial charge in [-0.2, -0.15) is 0 Å². The number of ether oxygens (including phenoxy) is 1. The molecule has 0 unspecified atom stereocenters. The van der Waals surface area contributed by atoms with Gasteiger partial charge in [0.2, 0.25) is 5.91 Å². The van der Waals surface area contributed by atoms with E-state index in [2.05, 4.69) is 10.1 Å². The second kappa shape index (κ2) is 4.41. The average molecular weight is 201 g/mol. The largest absolute Gasteiger partial charge is 0.481 e. The molecule has 2 N–H and O–H groups in total. The monoisotopic (exact) mass is 201 g/mol. The molecule has 0 aromatic carbocycles. The van der Waals surface area contributed by atoms with E-state index in [4.69, 9.17) is 5.11 Å². The summed E-state index contributed by atoms with van der Waals surface area (Å²) in [7, 11) is 1.43. The van der Waals surface area contributed by atoms with E-state index in [1.165, 1.54) is 7.11 Å². The van der Waals surface area contributed by atoms with Crippen molar-refractivity contribution in [3.05, 3.63) is 0 Å². The fraction of sp³-hybridized carbons (Fsp3) is 0.778. The zero-order chi connectivity index (χ0) is 10.6. The van der Waals surface area contributed by atoms with Gasteiger partial charge < -0.3 is 15.2 Å². The summed E-state index contributed by atoms with van der Waals surface area (Å²) < 4.78 is 4.66. The van der Waals surface area contributed by atoms with Crippen LogP contribution >= 0.6 is 0 Å². The van der Waals surface area contributed by atoms with Crippen LogP contribution in [0, 0.1) is 0 Å². The molecule has 80 valence electrons. The molecule has 0 aromatic heterocycles. The number of carbonyl (C=O) groups is 2. The minimum Gasteiger partial charge on any atom is -0.481 e. The lowest BCUT2D eigenvalue weighted by Crippen LogP contribution is -2.55. The summed E-state index contributed by atoms with van der Waals surface area (Å²) in [5, 5.41) is 11.4. The number of carbonyl (C=O) groups excluding carboxylic acids is 1. The fourth-order valence-corrected chi connectivity index (χ4v) is 1.70. The minimum absolute atomic E-state index is 0.00243. The molecule has 0 atom stereocenters. The Morgan fingerprint density at radius 2 is 2.14 bits per heavy atom. The average Bonchev–Trinajstić information content (AvgIpc) is 1.99. The third-order valence-corrected chi connectivity index (χ3v) is 2.48. The highest BCUT2D eigenvalue weighted by Gasteiger charge is 2.40. The molecule has 5 nitrogen and oxygen atoms in total. The Morgan fingerprint density at radius 3 is 2.50 bits per heavy atom. The van der Waals surface area contributed by atoms with Gasteiger partial charge in [0.05, 0.1) is 12.0 Å². The molecule has 0 spiro atoms. The van der Waals surface area contributed by atoms with Crippen LogP contribution < -0.4 is 5.32 Å². The molecule has 0 heterocycles. The lowest BCUT2D eigenvalue weighted by molar-refractivity contribution is -0.140. The number of nitrogens with one attached hydrogen (secondary N) is 1. The van der Waals surface area contributed by atoms with Crippen molar-refractivity contribution in [1.82, 2.24) is 5.32 Å². The lowest BCUT2D eigenvalue weighted by atomic mass is 9.74. The first-order valence-corrected chi connectivity index (χ1v) is 4.60. The van der Waals surface area contributed by atoms with E-state index in [0.717, 1.165) is 19.3 Å². The quantitative estimate of drug-likeness (QED) is 0.663. The highest BCUT2D eigenvalue weighted by atomic mass is 16.5. The van der Waals surface area contributed by atoms with Gasteiger partial charge in [0.15, 0.2) is 0 Å². The number of carboxylic acid groups (broad SMARTS) is 1. The maximum absolute atomic E-state index is 11.2. The molecule has 0 radical (unpaired) electrons. The Morgan fingerprint density at radius 1 is 1.50 bits per heavy atom. The zero-order valence-corrected chi connectivity index (χ0v) is 8.21. The van der Waals surface area contributed by atoms with Crippen LogP contribution in [-0.2, 0) is 14.3 Å². The van der Waals surface area contributed by atoms with Gasteiger partial charge in [-0.25, -0.2) is 0 Å². The van der Waals surface area contributed by atoms with E-state index in [-0.39, 0.29) is 18.9 Å². The maximum atomic E-state index is 11.2. The lowest BCUT2D eigenvalue weighted by Gasteiger charge is -2.41. The molecule has 0 aliphatic heterocycles. The maximum Gasteiger partial charge on any atom is 0.305 e. The van der Waals surface area contributed by atoms with Crippen LogP contribution in [0.2, 0.25) is 0 Å². The highest BCUT2D eigenvalue weighted by Crippen LogP contribution is 2.34. The summed E-state index contributed by atoms with van der Waals surface area (Å²) in [6.45, 7) is -0.0125. The van der Waals surface area contributed by atoms with Crippen LogP contribution in [0.15, 0.2) is 0 Å². The van der Waals surface area contributed by atoms with Gasteiger partial charge in [0, 0.05) is 7.11 Å². The van der Waals surface area contributed by atoms with Crippen molar-refractivity contribution in [3.8, 4) is 0 Å². The predicted octanol–water partition coefficient (Wildman–Crippen LogP) is 0.146. The van der Waals surface area contributed by atoms with Gasteiger partial charge in [0.1, 0.15) is 6.61 Å². The molecule has 1 rings (SSSR count). The minimum atomic E-state index is -0.873. The molecule has 5 heteroatoms. The molecule has 0 bridgehead atoms. The molecular formula is C9H15NO4. The van der Waals surface area contributed by atoms with Gasteiger partial charge >= 0.3 is 5.97 Å². The number of amides is 1. The summed E-state index contributed by atoms with van der Waals surface area (Å²) in [5.74, 6) is -1.11. The highest BCUT2D eigenvalue weighted by molar-refractivity contribution is 5.79. The number of methoxy groups -OCH3 is 1. The van der Waals surface area contributed by atoms with Gasteiger partial charge in [-0.3, -0.25) is 9.59 Å². The number of carboxylic acids is 1. The first kappa shape index (κ1) is 11.0. The van der Waals surface area contributed by atoms with E-state index >= 15 is 0 Å². The molecule has 0 aromatic rings. The van der Waals surface area contributed by atoms with Crippen molar-refractivity contribution in [2.75, 3.05) is 13.7 Å². The standard InChI is InChI=1S/C9H15NO4/c1-14-6-7(11)10-9(3-2-4-9)5-8(12)13/h2-6H2,1H3,(H,10,11)(H,12,13). The number of hydrogen-bond donors (Lipinski definition) is 2. The summed E-state index contributed by atoms with van der Waals surface area (Å²) in [6, 6.07) is 0. The van der Waals surface area contributed by atoms with E-state index in [1.807, 2.05) is 0 Å². The molecule has 0 saturated heterocycles. The summed E-state index contributed by atoms with van der Waals surface area (Å²) in [6.07, 6.45) is 2.46. The van der Waals surface area contributed by atoms with Crippen LogP contribution in [-0.4, -0.2) is 36.2 Å². The van der Waals surface area contributed by atoms with Crippen molar-refractivity contribution in [3.63, 3.8) is 0 Å². The van der Waals surface area contributed by atoms with Crippen LogP contribution in [0.25, 0.3) is 0 Å². The summed E-state index contributed by atoms with van der Waals surface area (Å²) >= 11 is 0. The third-order valence-electron chi connectivity index (χ3n) is 2.48. The molecule has 14 heavy (non-hydrogen) atoms. The SMILES string of the molecule is COCC(=O)NC1(CC(=O)O)CCC1. The van der Waals surface area contributed by atoms with E-state index in [9.17, 15) is 9.59 Å². The van der Waals surface area contributed by atoms with Gasteiger partial charge in [-0.05, 0) is 19.3 Å². The van der Waals surface area contributed by atoms with Crippen molar-refractivity contribution in [2.24, 2.45) is 0 Å². The van der Waals surface area contributed by atoms with E-state index in [1.54, 1.807) is 0 Å². The second-order valence-electron chi connectivity index (χ2n) is 3.69. The summed E-state index contributed by atoms with van der Waals surface area (Å²) in [5.41, 5.74) is -0.512. The normalized spacial score (nSPS) is 18.4. The summed E-state index contributed by atoms with van der Waals surface area (Å²) in [4.78, 5) is 21.8. The fourth-order valence-electron chi connectivity index (χ4n) is 1.70. The predicted molar refractivity (Wildman–Crippen MR) is 48.9 cm³/mol. The van der Waals surface area contributed by atoms with Crippen LogP contribution in [0.4, 0.5) is 0 Å². The Kier molecular flexibility index (Phi) is 3.46. The van der Waals surface area contributed by atoms with E-state index in [0.29, 0.717) is 0 Å². The number of aliphatic carboxylic acids is 1. The molecule has 1 aliphatic rings. The molecular weight excluding hydrogens is 186 g/mol.